The molecule has 1 aromatic rings. The van der Waals surface area contributed by atoms with Crippen molar-refractivity contribution in [3.63, 3.8) is 0 Å². The summed E-state index contributed by atoms with van der Waals surface area (Å²) in [6.45, 7) is 5.16. The molecule has 0 fully saturated rings. The van der Waals surface area contributed by atoms with Crippen molar-refractivity contribution >= 4 is 5.97 Å². The summed E-state index contributed by atoms with van der Waals surface area (Å²) < 4.78 is 10.2. The molecule has 0 saturated carbocycles. The number of esters is 1. The number of ether oxygens (including phenoxy) is 2. The van der Waals surface area contributed by atoms with Crippen molar-refractivity contribution < 1.29 is 19.4 Å². The Kier molecular flexibility index (Phi) is 5.55. The number of aliphatic hydroxyl groups excluding tert-OH is 1. The second-order valence-corrected chi connectivity index (χ2v) is 3.90. The Balaban J connectivity index is 2.62. The molecule has 18 heavy (non-hydrogen) atoms. The molecule has 4 heteroatoms. The molecule has 0 saturated heterocycles. The van der Waals surface area contributed by atoms with Gasteiger partial charge in [0.25, 0.3) is 0 Å². The maximum absolute atomic E-state index is 11.8. The summed E-state index contributed by atoms with van der Waals surface area (Å²) in [7, 11) is 1.46. The van der Waals surface area contributed by atoms with Crippen LogP contribution in [-0.2, 0) is 9.47 Å². The number of hydrogen-bond acceptors (Lipinski definition) is 4. The molecule has 0 aliphatic rings. The van der Waals surface area contributed by atoms with Crippen LogP contribution in [0.1, 0.15) is 17.3 Å². The first-order valence-electron chi connectivity index (χ1n) is 5.69. The Morgan fingerprint density at radius 1 is 1.39 bits per heavy atom. The van der Waals surface area contributed by atoms with Crippen LogP contribution in [0.3, 0.4) is 0 Å². The predicted molar refractivity (Wildman–Crippen MR) is 68.3 cm³/mol. The molecular weight excluding hydrogens is 232 g/mol. The minimum Gasteiger partial charge on any atom is -0.456 e. The highest BCUT2D eigenvalue weighted by Gasteiger charge is 2.25. The lowest BCUT2D eigenvalue weighted by atomic mass is 10.1. The van der Waals surface area contributed by atoms with E-state index in [0.29, 0.717) is 5.56 Å². The predicted octanol–water partition coefficient (Wildman–Crippen LogP) is 1.79. The highest BCUT2D eigenvalue weighted by atomic mass is 16.6. The van der Waals surface area contributed by atoms with Crippen LogP contribution in [0.5, 0.6) is 0 Å². The van der Waals surface area contributed by atoms with Gasteiger partial charge in [0.05, 0.1) is 5.56 Å². The van der Waals surface area contributed by atoms with Crippen molar-refractivity contribution in [1.29, 1.82) is 0 Å². The number of carbonyl (C=O) groups excluding carboxylic acids is 1. The van der Waals surface area contributed by atoms with E-state index < -0.39 is 24.3 Å². The van der Waals surface area contributed by atoms with Gasteiger partial charge in [-0.1, -0.05) is 24.3 Å². The van der Waals surface area contributed by atoms with Gasteiger partial charge in [-0.05, 0) is 19.1 Å². The molecule has 0 heterocycles. The Morgan fingerprint density at radius 2 is 2.00 bits per heavy atom. The van der Waals surface area contributed by atoms with E-state index in [1.165, 1.54) is 13.2 Å². The summed E-state index contributed by atoms with van der Waals surface area (Å²) in [5, 5.41) is 9.90. The van der Waals surface area contributed by atoms with E-state index in [9.17, 15) is 9.90 Å². The van der Waals surface area contributed by atoms with Crippen molar-refractivity contribution in [2.75, 3.05) is 7.11 Å². The van der Waals surface area contributed by atoms with E-state index in [-0.39, 0.29) is 0 Å². The molecule has 1 rings (SSSR count). The lowest BCUT2D eigenvalue weighted by molar-refractivity contribution is -0.0606. The third-order valence-corrected chi connectivity index (χ3v) is 2.62. The third-order valence-electron chi connectivity index (χ3n) is 2.62. The molecule has 1 N–H and O–H groups in total. The number of methoxy groups -OCH3 is 1. The topological polar surface area (TPSA) is 55.8 Å². The summed E-state index contributed by atoms with van der Waals surface area (Å²) in [5.74, 6) is -0.471. The largest absolute Gasteiger partial charge is 0.456 e. The highest BCUT2D eigenvalue weighted by Crippen LogP contribution is 2.11. The van der Waals surface area contributed by atoms with Crippen LogP contribution in [0.2, 0.25) is 0 Å². The number of rotatable bonds is 6. The molecule has 0 aliphatic carbocycles. The van der Waals surface area contributed by atoms with Gasteiger partial charge < -0.3 is 14.6 Å². The van der Waals surface area contributed by atoms with Gasteiger partial charge in [-0.25, -0.2) is 4.79 Å². The summed E-state index contributed by atoms with van der Waals surface area (Å²) in [5.41, 5.74) is 0.448. The Labute approximate surface area is 107 Å². The zero-order chi connectivity index (χ0) is 13.5. The Bertz CT molecular complexity index is 388. The van der Waals surface area contributed by atoms with E-state index in [0.717, 1.165) is 0 Å². The normalized spacial score (nSPS) is 15.5. The van der Waals surface area contributed by atoms with Crippen LogP contribution >= 0.6 is 0 Å². The van der Waals surface area contributed by atoms with Crippen molar-refractivity contribution in [1.82, 2.24) is 0 Å². The summed E-state index contributed by atoms with van der Waals surface area (Å²) in [6, 6.07) is 8.62. The molecule has 3 atom stereocenters. The number of aliphatic hydroxyl groups is 1. The molecule has 0 unspecified atom stereocenters. The standard InChI is InChI=1S/C14H18O4/c1-4-12(17-3)13(15)10(2)18-14(16)11-8-6-5-7-9-11/h4-10,12-13,15H,1H2,2-3H3/t10-,12-,13+/m0/s1. The Morgan fingerprint density at radius 3 is 2.50 bits per heavy atom. The van der Waals surface area contributed by atoms with Crippen molar-refractivity contribution in [3.05, 3.63) is 48.6 Å². The van der Waals surface area contributed by atoms with Gasteiger partial charge in [0.15, 0.2) is 0 Å². The average molecular weight is 250 g/mol. The van der Waals surface area contributed by atoms with E-state index >= 15 is 0 Å². The lowest BCUT2D eigenvalue weighted by Crippen LogP contribution is -2.38. The van der Waals surface area contributed by atoms with Gasteiger partial charge in [-0.2, -0.15) is 0 Å². The van der Waals surface area contributed by atoms with E-state index in [2.05, 4.69) is 6.58 Å². The molecule has 4 nitrogen and oxygen atoms in total. The average Bonchev–Trinajstić information content (AvgIpc) is 2.40. The Hall–Kier alpha value is -1.65. The molecule has 0 radical (unpaired) electrons. The molecule has 0 bridgehead atoms. The molecular formula is C14H18O4. The zero-order valence-electron chi connectivity index (χ0n) is 10.6. The fourth-order valence-electron chi connectivity index (χ4n) is 1.52. The van der Waals surface area contributed by atoms with Gasteiger partial charge in [-0.3, -0.25) is 0 Å². The first kappa shape index (κ1) is 14.4. The van der Waals surface area contributed by atoms with Crippen molar-refractivity contribution in [2.24, 2.45) is 0 Å². The second kappa shape index (κ2) is 6.93. The molecule has 0 amide bonds. The van der Waals surface area contributed by atoms with Crippen molar-refractivity contribution in [2.45, 2.75) is 25.2 Å². The second-order valence-electron chi connectivity index (χ2n) is 3.90. The molecule has 0 aromatic heterocycles. The minimum absolute atomic E-state index is 0.448. The quantitative estimate of drug-likeness (QED) is 0.618. The molecule has 0 aliphatic heterocycles. The van der Waals surface area contributed by atoms with Gasteiger partial charge in [-0.15, -0.1) is 6.58 Å². The number of hydrogen-bond donors (Lipinski definition) is 1. The van der Waals surface area contributed by atoms with Gasteiger partial charge >= 0.3 is 5.97 Å². The smallest absolute Gasteiger partial charge is 0.338 e. The van der Waals surface area contributed by atoms with Crippen LogP contribution in [0.25, 0.3) is 0 Å². The first-order chi connectivity index (χ1) is 8.60. The fourth-order valence-corrected chi connectivity index (χ4v) is 1.52. The molecule has 1 aromatic carbocycles. The van der Waals surface area contributed by atoms with Gasteiger partial charge in [0.2, 0.25) is 0 Å². The van der Waals surface area contributed by atoms with E-state index in [1.54, 1.807) is 31.2 Å². The minimum atomic E-state index is -0.944. The summed E-state index contributed by atoms with van der Waals surface area (Å²) >= 11 is 0. The maximum Gasteiger partial charge on any atom is 0.338 e. The third kappa shape index (κ3) is 3.68. The van der Waals surface area contributed by atoms with Gasteiger partial charge in [0, 0.05) is 7.11 Å². The maximum atomic E-state index is 11.8. The van der Waals surface area contributed by atoms with Crippen LogP contribution in [0.15, 0.2) is 43.0 Å². The number of benzene rings is 1. The van der Waals surface area contributed by atoms with Crippen LogP contribution in [0, 0.1) is 0 Å². The SMILES string of the molecule is C=C[C@H](OC)[C@H](O)[C@H](C)OC(=O)c1ccccc1. The van der Waals surface area contributed by atoms with E-state index in [4.69, 9.17) is 9.47 Å². The monoisotopic (exact) mass is 250 g/mol. The fraction of sp³-hybridized carbons (Fsp3) is 0.357. The van der Waals surface area contributed by atoms with E-state index in [1.807, 2.05) is 6.07 Å². The van der Waals surface area contributed by atoms with Crippen LogP contribution < -0.4 is 0 Å². The number of carbonyl (C=O) groups is 1. The zero-order valence-corrected chi connectivity index (χ0v) is 10.6. The van der Waals surface area contributed by atoms with Crippen LogP contribution in [-0.4, -0.2) is 36.5 Å². The molecule has 0 spiro atoms. The summed E-state index contributed by atoms with van der Waals surface area (Å²) in [4.78, 5) is 11.8. The molecule has 98 valence electrons. The van der Waals surface area contributed by atoms with Crippen molar-refractivity contribution in [3.8, 4) is 0 Å². The van der Waals surface area contributed by atoms with Crippen LogP contribution in [0.4, 0.5) is 0 Å². The lowest BCUT2D eigenvalue weighted by Gasteiger charge is -2.24. The van der Waals surface area contributed by atoms with Gasteiger partial charge in [0.1, 0.15) is 18.3 Å². The summed E-state index contributed by atoms with van der Waals surface area (Å²) in [6.07, 6.45) is -0.721. The first-order valence-corrected chi connectivity index (χ1v) is 5.69. The highest BCUT2D eigenvalue weighted by molar-refractivity contribution is 5.89.